The quantitative estimate of drug-likeness (QED) is 0.909. The Labute approximate surface area is 152 Å². The van der Waals surface area contributed by atoms with Gasteiger partial charge in [0.15, 0.2) is 0 Å². The Morgan fingerprint density at radius 1 is 1.20 bits per heavy atom. The predicted octanol–water partition coefficient (Wildman–Crippen LogP) is 3.65. The Bertz CT molecular complexity index is 746. The van der Waals surface area contributed by atoms with E-state index in [1.54, 1.807) is 11.3 Å². The lowest BCUT2D eigenvalue weighted by atomic mass is 10.0. The van der Waals surface area contributed by atoms with Crippen molar-refractivity contribution >= 4 is 23.2 Å². The fourth-order valence-electron chi connectivity index (χ4n) is 3.22. The van der Waals surface area contributed by atoms with Gasteiger partial charge in [0.05, 0.1) is 4.88 Å². The van der Waals surface area contributed by atoms with Crippen LogP contribution in [-0.2, 0) is 6.42 Å². The largest absolute Gasteiger partial charge is 0.349 e. The smallest absolute Gasteiger partial charge is 0.263 e. The SMILES string of the molecule is CCc1sc(C(=O)N2CCC(NC(=O)c3ccccc3)CC2)cc1C. The number of benzene rings is 1. The zero-order valence-corrected chi connectivity index (χ0v) is 15.6. The van der Waals surface area contributed by atoms with Gasteiger partial charge in [0, 0.05) is 29.6 Å². The molecule has 1 saturated heterocycles. The molecule has 3 rings (SSSR count). The Morgan fingerprint density at radius 3 is 2.48 bits per heavy atom. The van der Waals surface area contributed by atoms with E-state index in [1.165, 1.54) is 10.4 Å². The summed E-state index contributed by atoms with van der Waals surface area (Å²) in [7, 11) is 0. The lowest BCUT2D eigenvalue weighted by Crippen LogP contribution is -2.46. The van der Waals surface area contributed by atoms with Crippen LogP contribution in [0.2, 0.25) is 0 Å². The van der Waals surface area contributed by atoms with Gasteiger partial charge in [-0.05, 0) is 49.9 Å². The highest BCUT2D eigenvalue weighted by Crippen LogP contribution is 2.25. The number of piperidine rings is 1. The van der Waals surface area contributed by atoms with Crippen molar-refractivity contribution in [3.8, 4) is 0 Å². The molecule has 1 aromatic carbocycles. The molecule has 0 saturated carbocycles. The van der Waals surface area contributed by atoms with Crippen LogP contribution < -0.4 is 5.32 Å². The highest BCUT2D eigenvalue weighted by Gasteiger charge is 2.26. The summed E-state index contributed by atoms with van der Waals surface area (Å²) in [5.41, 5.74) is 1.89. The maximum Gasteiger partial charge on any atom is 0.263 e. The summed E-state index contributed by atoms with van der Waals surface area (Å²) in [5, 5.41) is 3.08. The molecule has 0 unspecified atom stereocenters. The molecule has 25 heavy (non-hydrogen) atoms. The second kappa shape index (κ2) is 7.83. The van der Waals surface area contributed by atoms with Gasteiger partial charge in [0.25, 0.3) is 11.8 Å². The Morgan fingerprint density at radius 2 is 1.88 bits per heavy atom. The monoisotopic (exact) mass is 356 g/mol. The van der Waals surface area contributed by atoms with Crippen LogP contribution in [0.25, 0.3) is 0 Å². The summed E-state index contributed by atoms with van der Waals surface area (Å²) in [6.07, 6.45) is 2.57. The number of hydrogen-bond donors (Lipinski definition) is 1. The van der Waals surface area contributed by atoms with Crippen LogP contribution in [0.15, 0.2) is 36.4 Å². The molecule has 1 aromatic heterocycles. The predicted molar refractivity (Wildman–Crippen MR) is 101 cm³/mol. The normalized spacial score (nSPS) is 15.2. The first kappa shape index (κ1) is 17.7. The number of carbonyl (C=O) groups is 2. The molecule has 2 amide bonds. The first-order chi connectivity index (χ1) is 12.1. The molecule has 0 bridgehead atoms. The Balaban J connectivity index is 1.54. The molecule has 132 valence electrons. The van der Waals surface area contributed by atoms with Crippen LogP contribution in [0.4, 0.5) is 0 Å². The van der Waals surface area contributed by atoms with E-state index in [1.807, 2.05) is 41.3 Å². The van der Waals surface area contributed by atoms with Crippen LogP contribution >= 0.6 is 11.3 Å². The van der Waals surface area contributed by atoms with E-state index in [4.69, 9.17) is 0 Å². The van der Waals surface area contributed by atoms with E-state index in [2.05, 4.69) is 19.2 Å². The molecule has 2 heterocycles. The maximum absolute atomic E-state index is 12.7. The van der Waals surface area contributed by atoms with Crippen molar-refractivity contribution in [3.05, 3.63) is 57.3 Å². The minimum atomic E-state index is -0.0353. The van der Waals surface area contributed by atoms with E-state index < -0.39 is 0 Å². The molecule has 1 aliphatic rings. The van der Waals surface area contributed by atoms with Gasteiger partial charge in [0.2, 0.25) is 0 Å². The number of nitrogens with zero attached hydrogens (tertiary/aromatic N) is 1. The number of thiophene rings is 1. The van der Waals surface area contributed by atoms with E-state index in [0.29, 0.717) is 18.7 Å². The van der Waals surface area contributed by atoms with Crippen molar-refractivity contribution in [3.63, 3.8) is 0 Å². The van der Waals surface area contributed by atoms with Crippen LogP contribution in [-0.4, -0.2) is 35.8 Å². The standard InChI is InChI=1S/C20H24N2O2S/c1-3-17-14(2)13-18(25-17)20(24)22-11-9-16(10-12-22)21-19(23)15-7-5-4-6-8-15/h4-8,13,16H,3,9-12H2,1-2H3,(H,21,23). The summed E-state index contributed by atoms with van der Waals surface area (Å²) in [6, 6.07) is 11.4. The topological polar surface area (TPSA) is 49.4 Å². The minimum Gasteiger partial charge on any atom is -0.349 e. The minimum absolute atomic E-state index is 0.0353. The number of hydrogen-bond acceptors (Lipinski definition) is 3. The van der Waals surface area contributed by atoms with Crippen molar-refractivity contribution in [2.24, 2.45) is 0 Å². The Hall–Kier alpha value is -2.14. The first-order valence-corrected chi connectivity index (χ1v) is 9.64. The van der Waals surface area contributed by atoms with Gasteiger partial charge in [0.1, 0.15) is 0 Å². The third-order valence-electron chi connectivity index (χ3n) is 4.71. The number of rotatable bonds is 4. The molecule has 4 nitrogen and oxygen atoms in total. The molecule has 0 atom stereocenters. The van der Waals surface area contributed by atoms with Gasteiger partial charge < -0.3 is 10.2 Å². The van der Waals surface area contributed by atoms with Crippen molar-refractivity contribution in [1.29, 1.82) is 0 Å². The summed E-state index contributed by atoms with van der Waals surface area (Å²) in [6.45, 7) is 5.57. The van der Waals surface area contributed by atoms with Crippen LogP contribution in [0.3, 0.4) is 0 Å². The van der Waals surface area contributed by atoms with Gasteiger partial charge in [-0.25, -0.2) is 0 Å². The zero-order valence-electron chi connectivity index (χ0n) is 14.7. The fourth-order valence-corrected chi connectivity index (χ4v) is 4.30. The third-order valence-corrected chi connectivity index (χ3v) is 6.08. The number of nitrogens with one attached hydrogen (secondary N) is 1. The zero-order chi connectivity index (χ0) is 17.8. The van der Waals surface area contributed by atoms with Crippen LogP contribution in [0.1, 0.15) is 50.2 Å². The summed E-state index contributed by atoms with van der Waals surface area (Å²) in [5.74, 6) is 0.0903. The van der Waals surface area contributed by atoms with E-state index in [-0.39, 0.29) is 17.9 Å². The second-order valence-electron chi connectivity index (χ2n) is 6.48. The molecular formula is C20H24N2O2S. The van der Waals surface area contributed by atoms with Gasteiger partial charge >= 0.3 is 0 Å². The average molecular weight is 356 g/mol. The number of likely N-dealkylation sites (tertiary alicyclic amines) is 1. The molecule has 2 aromatic rings. The fraction of sp³-hybridized carbons (Fsp3) is 0.400. The highest BCUT2D eigenvalue weighted by molar-refractivity contribution is 7.14. The van der Waals surface area contributed by atoms with E-state index >= 15 is 0 Å². The molecule has 1 fully saturated rings. The Kier molecular flexibility index (Phi) is 5.53. The molecule has 0 spiro atoms. The van der Waals surface area contributed by atoms with Crippen LogP contribution in [0, 0.1) is 6.92 Å². The molecular weight excluding hydrogens is 332 g/mol. The highest BCUT2D eigenvalue weighted by atomic mass is 32.1. The van der Waals surface area contributed by atoms with E-state index in [9.17, 15) is 9.59 Å². The molecule has 1 N–H and O–H groups in total. The number of carbonyl (C=O) groups excluding carboxylic acids is 2. The van der Waals surface area contributed by atoms with Crippen molar-refractivity contribution in [1.82, 2.24) is 10.2 Å². The maximum atomic E-state index is 12.7. The van der Waals surface area contributed by atoms with E-state index in [0.717, 1.165) is 24.1 Å². The molecule has 1 aliphatic heterocycles. The number of amides is 2. The van der Waals surface area contributed by atoms with Crippen molar-refractivity contribution in [2.45, 2.75) is 39.2 Å². The third kappa shape index (κ3) is 4.10. The lowest BCUT2D eigenvalue weighted by molar-refractivity contribution is 0.0702. The lowest BCUT2D eigenvalue weighted by Gasteiger charge is -2.32. The van der Waals surface area contributed by atoms with Crippen molar-refractivity contribution in [2.75, 3.05) is 13.1 Å². The summed E-state index contributed by atoms with van der Waals surface area (Å²) in [4.78, 5) is 28.9. The van der Waals surface area contributed by atoms with Gasteiger partial charge in [-0.3, -0.25) is 9.59 Å². The molecule has 5 heteroatoms. The van der Waals surface area contributed by atoms with Crippen LogP contribution in [0.5, 0.6) is 0 Å². The first-order valence-electron chi connectivity index (χ1n) is 8.83. The van der Waals surface area contributed by atoms with Gasteiger partial charge in [-0.2, -0.15) is 0 Å². The average Bonchev–Trinajstić information content (AvgIpc) is 3.03. The second-order valence-corrected chi connectivity index (χ2v) is 7.61. The van der Waals surface area contributed by atoms with Gasteiger partial charge in [-0.15, -0.1) is 11.3 Å². The number of aryl methyl sites for hydroxylation is 2. The van der Waals surface area contributed by atoms with Crippen molar-refractivity contribution < 1.29 is 9.59 Å². The summed E-state index contributed by atoms with van der Waals surface area (Å²) >= 11 is 1.61. The molecule has 0 radical (unpaired) electrons. The summed E-state index contributed by atoms with van der Waals surface area (Å²) < 4.78 is 0. The molecule has 0 aliphatic carbocycles. The van der Waals surface area contributed by atoms with Gasteiger partial charge in [-0.1, -0.05) is 25.1 Å².